The first-order chi connectivity index (χ1) is 14.2. The van der Waals surface area contributed by atoms with Crippen molar-refractivity contribution in [1.29, 1.82) is 0 Å². The van der Waals surface area contributed by atoms with E-state index in [1.165, 1.54) is 44.9 Å². The predicted molar refractivity (Wildman–Crippen MR) is 124 cm³/mol. The maximum Gasteiger partial charge on any atom is 0.0611 e. The summed E-state index contributed by atoms with van der Waals surface area (Å²) in [6.07, 6.45) is 13.2. The van der Waals surface area contributed by atoms with Gasteiger partial charge < -0.3 is 10.3 Å². The minimum atomic E-state index is -0.215. The van der Waals surface area contributed by atoms with Crippen molar-refractivity contribution < 1.29 is 10.3 Å². The summed E-state index contributed by atoms with van der Waals surface area (Å²) in [6.45, 7) is 12.3. The van der Waals surface area contributed by atoms with Crippen LogP contribution in [0.15, 0.2) is 5.16 Å². The van der Waals surface area contributed by atoms with Gasteiger partial charge in [0.1, 0.15) is 0 Å². The Labute approximate surface area is 185 Å². The first-order valence-electron chi connectivity index (χ1n) is 13.1. The number of rotatable bonds is 5. The Morgan fingerprint density at radius 1 is 0.967 bits per heavy atom. The smallest absolute Gasteiger partial charge is 0.0611 e. The fourth-order valence-electron chi connectivity index (χ4n) is 9.18. The van der Waals surface area contributed by atoms with Crippen molar-refractivity contribution in [2.75, 3.05) is 0 Å². The SMILES string of the molecule is CC(C)CCC[C@@H](C)[C@H]1CC[C@H]2[C@@H]3C/C(=N\O)[C@H]4C[C@@H](O)CC[C@]4(C)[C@H]3CC[C@]12C. The molecule has 0 spiro atoms. The molecule has 0 aromatic carbocycles. The maximum absolute atomic E-state index is 10.3. The Morgan fingerprint density at radius 2 is 1.67 bits per heavy atom. The van der Waals surface area contributed by atoms with Crippen molar-refractivity contribution in [3.63, 3.8) is 0 Å². The van der Waals surface area contributed by atoms with Crippen LogP contribution in [0.2, 0.25) is 0 Å². The fraction of sp³-hybridized carbons (Fsp3) is 0.963. The van der Waals surface area contributed by atoms with E-state index in [-0.39, 0.29) is 17.4 Å². The van der Waals surface area contributed by atoms with Gasteiger partial charge in [-0.15, -0.1) is 0 Å². The first-order valence-corrected chi connectivity index (χ1v) is 13.1. The van der Waals surface area contributed by atoms with Crippen molar-refractivity contribution in [1.82, 2.24) is 0 Å². The third kappa shape index (κ3) is 3.65. The Balaban J connectivity index is 1.53. The van der Waals surface area contributed by atoms with E-state index < -0.39 is 0 Å². The molecule has 0 aliphatic heterocycles. The number of hydrogen-bond donors (Lipinski definition) is 2. The van der Waals surface area contributed by atoms with E-state index in [4.69, 9.17) is 0 Å². The summed E-state index contributed by atoms with van der Waals surface area (Å²) in [5.74, 6) is 5.01. The zero-order chi connectivity index (χ0) is 21.7. The number of aliphatic hydroxyl groups is 1. The van der Waals surface area contributed by atoms with Crippen molar-refractivity contribution in [3.05, 3.63) is 0 Å². The monoisotopic (exact) mass is 417 g/mol. The van der Waals surface area contributed by atoms with Gasteiger partial charge in [-0.25, -0.2) is 0 Å². The van der Waals surface area contributed by atoms with E-state index in [2.05, 4.69) is 39.8 Å². The second kappa shape index (κ2) is 8.41. The highest BCUT2D eigenvalue weighted by Crippen LogP contribution is 2.68. The van der Waals surface area contributed by atoms with Gasteiger partial charge in [0.05, 0.1) is 11.8 Å². The van der Waals surface area contributed by atoms with E-state index in [1.54, 1.807) is 0 Å². The molecule has 0 radical (unpaired) electrons. The fourth-order valence-corrected chi connectivity index (χ4v) is 9.18. The molecule has 4 rings (SSSR count). The molecule has 4 aliphatic carbocycles. The second-order valence-corrected chi connectivity index (χ2v) is 12.7. The van der Waals surface area contributed by atoms with Gasteiger partial charge in [-0.3, -0.25) is 0 Å². The zero-order valence-corrected chi connectivity index (χ0v) is 20.2. The quantitative estimate of drug-likeness (QED) is 0.377. The highest BCUT2D eigenvalue weighted by molar-refractivity contribution is 5.88. The van der Waals surface area contributed by atoms with Crippen molar-refractivity contribution >= 4 is 5.71 Å². The number of oxime groups is 1. The summed E-state index contributed by atoms with van der Waals surface area (Å²) in [5.41, 5.74) is 1.69. The lowest BCUT2D eigenvalue weighted by atomic mass is 9.44. The predicted octanol–water partition coefficient (Wildman–Crippen LogP) is 6.91. The van der Waals surface area contributed by atoms with Gasteiger partial charge in [0, 0.05) is 5.92 Å². The number of hydrogen-bond acceptors (Lipinski definition) is 3. The number of fused-ring (bicyclic) bond motifs is 5. The van der Waals surface area contributed by atoms with Crippen LogP contribution in [0.4, 0.5) is 0 Å². The molecule has 0 amide bonds. The van der Waals surface area contributed by atoms with E-state index in [9.17, 15) is 10.3 Å². The van der Waals surface area contributed by atoms with Gasteiger partial charge >= 0.3 is 0 Å². The molecule has 0 saturated heterocycles. The van der Waals surface area contributed by atoms with Crippen LogP contribution in [0.3, 0.4) is 0 Å². The molecule has 0 aromatic rings. The normalized spacial score (nSPS) is 48.3. The minimum absolute atomic E-state index is 0.214. The lowest BCUT2D eigenvalue weighted by molar-refractivity contribution is -0.0946. The summed E-state index contributed by atoms with van der Waals surface area (Å²) in [6, 6.07) is 0. The lowest BCUT2D eigenvalue weighted by Gasteiger charge is -2.61. The average Bonchev–Trinajstić information content (AvgIpc) is 3.05. The molecule has 0 heterocycles. The summed E-state index contributed by atoms with van der Waals surface area (Å²) >= 11 is 0. The highest BCUT2D eigenvalue weighted by atomic mass is 16.4. The van der Waals surface area contributed by atoms with E-state index in [1.807, 2.05) is 0 Å². The van der Waals surface area contributed by atoms with Gasteiger partial charge in [-0.05, 0) is 97.7 Å². The zero-order valence-electron chi connectivity index (χ0n) is 20.2. The van der Waals surface area contributed by atoms with Crippen molar-refractivity contribution in [2.45, 2.75) is 111 Å². The third-order valence-corrected chi connectivity index (χ3v) is 10.8. The largest absolute Gasteiger partial charge is 0.411 e. The van der Waals surface area contributed by atoms with E-state index in [0.29, 0.717) is 11.3 Å². The van der Waals surface area contributed by atoms with Gasteiger partial charge in [0.15, 0.2) is 0 Å². The standard InChI is InChI=1S/C27H47NO2/c1-17(2)7-6-8-18(3)21-9-10-22-20-16-25(28-30)24-15-19(29)11-13-27(24,5)23(20)12-14-26(21,22)4/h17-24,29-30H,6-16H2,1-5H3/b28-25+/t18-,19+,20+,21-,22+,23+,24-,26-,27-/m1/s1. The maximum atomic E-state index is 10.3. The Bertz CT molecular complexity index is 645. The molecule has 0 bridgehead atoms. The molecule has 0 aromatic heterocycles. The van der Waals surface area contributed by atoms with Crippen molar-refractivity contribution in [3.8, 4) is 0 Å². The van der Waals surface area contributed by atoms with Gasteiger partial charge in [-0.1, -0.05) is 59.0 Å². The van der Waals surface area contributed by atoms with E-state index >= 15 is 0 Å². The Hall–Kier alpha value is -0.570. The summed E-state index contributed by atoms with van der Waals surface area (Å²) in [5, 5.41) is 24.1. The molecule has 9 atom stereocenters. The van der Waals surface area contributed by atoms with Gasteiger partial charge in [0.2, 0.25) is 0 Å². The highest BCUT2D eigenvalue weighted by Gasteiger charge is 2.62. The second-order valence-electron chi connectivity index (χ2n) is 12.7. The van der Waals surface area contributed by atoms with Crippen LogP contribution >= 0.6 is 0 Å². The first kappa shape index (κ1) is 22.6. The average molecular weight is 418 g/mol. The van der Waals surface area contributed by atoms with Gasteiger partial charge in [-0.2, -0.15) is 0 Å². The Morgan fingerprint density at radius 3 is 2.37 bits per heavy atom. The molecule has 30 heavy (non-hydrogen) atoms. The van der Waals surface area contributed by atoms with Gasteiger partial charge in [0.25, 0.3) is 0 Å². The molecular weight excluding hydrogens is 370 g/mol. The van der Waals surface area contributed by atoms with Crippen molar-refractivity contribution in [2.24, 2.45) is 57.4 Å². The molecule has 4 saturated carbocycles. The molecular formula is C27H47NO2. The third-order valence-electron chi connectivity index (χ3n) is 10.8. The van der Waals surface area contributed by atoms with Crippen LogP contribution in [-0.4, -0.2) is 22.1 Å². The summed E-state index contributed by atoms with van der Waals surface area (Å²) in [4.78, 5) is 0. The molecule has 3 heteroatoms. The van der Waals surface area contributed by atoms with E-state index in [0.717, 1.165) is 61.0 Å². The lowest BCUT2D eigenvalue weighted by Crippen LogP contribution is -2.57. The minimum Gasteiger partial charge on any atom is -0.411 e. The molecule has 4 fully saturated rings. The van der Waals surface area contributed by atoms with Crippen LogP contribution in [0.5, 0.6) is 0 Å². The van der Waals surface area contributed by atoms with Crippen LogP contribution in [-0.2, 0) is 0 Å². The topological polar surface area (TPSA) is 52.8 Å². The summed E-state index contributed by atoms with van der Waals surface area (Å²) in [7, 11) is 0. The van der Waals surface area contributed by atoms with Crippen LogP contribution in [0.25, 0.3) is 0 Å². The number of nitrogens with zero attached hydrogens (tertiary/aromatic N) is 1. The molecule has 2 N–H and O–H groups in total. The molecule has 3 nitrogen and oxygen atoms in total. The van der Waals surface area contributed by atoms with Crippen LogP contribution in [0, 0.1) is 52.3 Å². The summed E-state index contributed by atoms with van der Waals surface area (Å²) < 4.78 is 0. The number of aliphatic hydroxyl groups excluding tert-OH is 1. The molecule has 4 aliphatic rings. The Kier molecular flexibility index (Phi) is 6.34. The van der Waals surface area contributed by atoms with Crippen LogP contribution in [0.1, 0.15) is 105 Å². The molecule has 0 unspecified atom stereocenters. The van der Waals surface area contributed by atoms with Crippen LogP contribution < -0.4 is 0 Å². The molecule has 172 valence electrons.